The third kappa shape index (κ3) is 4.49. The predicted molar refractivity (Wildman–Crippen MR) is 143 cm³/mol. The Bertz CT molecular complexity index is 1620. The summed E-state index contributed by atoms with van der Waals surface area (Å²) in [6, 6.07) is 10.3. The van der Waals surface area contributed by atoms with Gasteiger partial charge in [-0.25, -0.2) is 23.7 Å². The second-order valence-electron chi connectivity index (χ2n) is 11.4. The van der Waals surface area contributed by atoms with Crippen molar-refractivity contribution in [2.45, 2.75) is 32.4 Å². The van der Waals surface area contributed by atoms with Crippen LogP contribution in [-0.2, 0) is 12.6 Å². The number of hydrogen-bond donors (Lipinski definition) is 1. The Kier molecular flexibility index (Phi) is 5.95. The van der Waals surface area contributed by atoms with Gasteiger partial charge in [0, 0.05) is 73.2 Å². The summed E-state index contributed by atoms with van der Waals surface area (Å²) < 4.78 is 36.0. The van der Waals surface area contributed by atoms with E-state index in [1.54, 1.807) is 48.4 Å². The molecule has 1 aliphatic carbocycles. The van der Waals surface area contributed by atoms with E-state index in [1.165, 1.54) is 12.1 Å². The van der Waals surface area contributed by atoms with Gasteiger partial charge in [-0.3, -0.25) is 9.48 Å². The lowest BCUT2D eigenvalue weighted by molar-refractivity contribution is 0.0721. The van der Waals surface area contributed by atoms with Crippen molar-refractivity contribution in [2.24, 2.45) is 24.1 Å². The Balaban J connectivity index is 1.20. The third-order valence-electron chi connectivity index (χ3n) is 7.88. The quantitative estimate of drug-likeness (QED) is 0.391. The van der Waals surface area contributed by atoms with Gasteiger partial charge in [-0.05, 0) is 43.7 Å². The molecule has 206 valence electrons. The van der Waals surface area contributed by atoms with E-state index in [1.807, 2.05) is 18.7 Å². The molecule has 2 N–H and O–H groups in total. The molecule has 11 heteroatoms. The molecule has 3 aromatic heterocycles. The van der Waals surface area contributed by atoms with Gasteiger partial charge in [0.2, 0.25) is 5.88 Å². The zero-order chi connectivity index (χ0) is 28.4. The van der Waals surface area contributed by atoms with Gasteiger partial charge in [-0.2, -0.15) is 5.10 Å². The molecule has 1 saturated carbocycles. The largest absolute Gasteiger partial charge is 0.473 e. The summed E-state index contributed by atoms with van der Waals surface area (Å²) in [5.74, 6) is -0.634. The van der Waals surface area contributed by atoms with E-state index in [0.717, 1.165) is 6.07 Å². The number of aryl methyl sites for hydroxylation is 1. The van der Waals surface area contributed by atoms with E-state index in [0.29, 0.717) is 47.4 Å². The molecule has 1 amide bonds. The summed E-state index contributed by atoms with van der Waals surface area (Å²) in [6.07, 6.45) is 3.09. The number of carbonyl (C=O) groups excluding carboxylic acids is 1. The molecule has 40 heavy (non-hydrogen) atoms. The number of pyridine rings is 1. The Morgan fingerprint density at radius 3 is 2.52 bits per heavy atom. The first-order valence-corrected chi connectivity index (χ1v) is 13.0. The normalized spacial score (nSPS) is 21.8. The van der Waals surface area contributed by atoms with Crippen LogP contribution in [0.25, 0.3) is 22.8 Å². The van der Waals surface area contributed by atoms with E-state index in [2.05, 4.69) is 27.0 Å². The summed E-state index contributed by atoms with van der Waals surface area (Å²) in [4.78, 5) is 28.2. The molecule has 0 bridgehead atoms. The fraction of sp³-hybridized carbons (Fsp3) is 0.345. The number of benzene rings is 1. The fourth-order valence-electron chi connectivity index (χ4n) is 5.48. The van der Waals surface area contributed by atoms with E-state index in [-0.39, 0.29) is 28.9 Å². The van der Waals surface area contributed by atoms with Gasteiger partial charge in [0.25, 0.3) is 5.91 Å². The van der Waals surface area contributed by atoms with Crippen LogP contribution in [0.15, 0.2) is 54.9 Å². The van der Waals surface area contributed by atoms with Crippen LogP contribution in [0, 0.1) is 23.0 Å². The maximum Gasteiger partial charge on any atom is 0.272 e. The minimum Gasteiger partial charge on any atom is -0.473 e. The van der Waals surface area contributed by atoms with Gasteiger partial charge in [-0.1, -0.05) is 6.92 Å². The number of nitrogens with zero attached hydrogens (tertiary/aromatic N) is 6. The van der Waals surface area contributed by atoms with Crippen LogP contribution >= 0.6 is 0 Å². The SMILES string of the molecule is Cn1nc(-c2ncccn2)cc1C(=O)N1C[C@H]2[C@H](Oc3cc(C(C)(C)N)cc(-c4ccc(F)cc4F)n3)[C@@]2(C)C1. The highest BCUT2D eigenvalue weighted by Gasteiger charge is 2.69. The van der Waals surface area contributed by atoms with Crippen LogP contribution in [0.4, 0.5) is 8.78 Å². The van der Waals surface area contributed by atoms with Crippen LogP contribution in [0.1, 0.15) is 36.8 Å². The first kappa shape index (κ1) is 26.0. The summed E-state index contributed by atoms with van der Waals surface area (Å²) in [5, 5.41) is 4.42. The number of ether oxygens (including phenoxy) is 1. The highest BCUT2D eigenvalue weighted by Crippen LogP contribution is 2.59. The van der Waals surface area contributed by atoms with Crippen LogP contribution in [-0.4, -0.2) is 54.7 Å². The smallest absolute Gasteiger partial charge is 0.272 e. The molecule has 1 aromatic carbocycles. The molecule has 6 rings (SSSR count). The van der Waals surface area contributed by atoms with Gasteiger partial charge in [0.05, 0.1) is 5.69 Å². The average Bonchev–Trinajstić information content (AvgIpc) is 3.20. The van der Waals surface area contributed by atoms with Gasteiger partial charge in [0.15, 0.2) is 5.82 Å². The molecule has 0 spiro atoms. The molecular weight excluding hydrogens is 516 g/mol. The topological polar surface area (TPSA) is 112 Å². The monoisotopic (exact) mass is 545 g/mol. The molecule has 2 aliphatic rings. The summed E-state index contributed by atoms with van der Waals surface area (Å²) >= 11 is 0. The van der Waals surface area contributed by atoms with E-state index >= 15 is 0 Å². The standard InChI is InChI=1S/C29H29F2N7O2/c1-28(2,32)16-10-21(18-7-6-17(30)12-20(18)31)35-24(11-16)40-25-19-14-38(15-29(19,25)3)27(39)23-13-22(36-37(23)4)26-33-8-5-9-34-26/h5-13,19,25H,14-15,32H2,1-4H3/t19-,25-,29-/m0/s1. The number of rotatable bonds is 6. The lowest BCUT2D eigenvalue weighted by Crippen LogP contribution is -2.36. The average molecular weight is 546 g/mol. The van der Waals surface area contributed by atoms with Crippen molar-refractivity contribution >= 4 is 5.91 Å². The van der Waals surface area contributed by atoms with Crippen molar-refractivity contribution in [1.29, 1.82) is 0 Å². The van der Waals surface area contributed by atoms with Crippen LogP contribution in [0.2, 0.25) is 0 Å². The number of piperidine rings is 1. The molecule has 9 nitrogen and oxygen atoms in total. The van der Waals surface area contributed by atoms with Crippen molar-refractivity contribution in [3.05, 3.63) is 77.8 Å². The highest BCUT2D eigenvalue weighted by atomic mass is 19.1. The molecule has 3 atom stereocenters. The Labute approximate surface area is 230 Å². The third-order valence-corrected chi connectivity index (χ3v) is 7.88. The number of halogens is 2. The van der Waals surface area contributed by atoms with Crippen LogP contribution in [0.5, 0.6) is 5.88 Å². The highest BCUT2D eigenvalue weighted by molar-refractivity contribution is 5.94. The summed E-state index contributed by atoms with van der Waals surface area (Å²) in [7, 11) is 1.73. The van der Waals surface area contributed by atoms with E-state index in [9.17, 15) is 13.6 Å². The van der Waals surface area contributed by atoms with E-state index in [4.69, 9.17) is 10.5 Å². The molecule has 4 aromatic rings. The molecule has 0 radical (unpaired) electrons. The van der Waals surface area contributed by atoms with Crippen molar-refractivity contribution in [2.75, 3.05) is 13.1 Å². The lowest BCUT2D eigenvalue weighted by Gasteiger charge is -2.24. The number of carbonyl (C=O) groups is 1. The molecule has 0 unspecified atom stereocenters. The first-order chi connectivity index (χ1) is 18.9. The van der Waals surface area contributed by atoms with Gasteiger partial charge in [0.1, 0.15) is 29.1 Å². The molecule has 1 saturated heterocycles. The number of fused-ring (bicyclic) bond motifs is 1. The zero-order valence-corrected chi connectivity index (χ0v) is 22.6. The molecule has 2 fully saturated rings. The number of nitrogens with two attached hydrogens (primary N) is 1. The number of hydrogen-bond acceptors (Lipinski definition) is 7. The van der Waals surface area contributed by atoms with Gasteiger partial charge >= 0.3 is 0 Å². The zero-order valence-electron chi connectivity index (χ0n) is 22.6. The van der Waals surface area contributed by atoms with Crippen molar-refractivity contribution in [1.82, 2.24) is 29.6 Å². The second-order valence-corrected chi connectivity index (χ2v) is 11.4. The molecular formula is C29H29F2N7O2. The minimum atomic E-state index is -0.744. The maximum atomic E-state index is 14.6. The molecule has 1 aliphatic heterocycles. The first-order valence-electron chi connectivity index (χ1n) is 13.0. The summed E-state index contributed by atoms with van der Waals surface area (Å²) in [5.41, 5.74) is 7.51. The minimum absolute atomic E-state index is 0.101. The maximum absolute atomic E-state index is 14.6. The fourth-order valence-corrected chi connectivity index (χ4v) is 5.48. The number of likely N-dealkylation sites (tertiary alicyclic amines) is 1. The number of amides is 1. The van der Waals surface area contributed by atoms with Crippen LogP contribution in [0.3, 0.4) is 0 Å². The number of aromatic nitrogens is 5. The second kappa shape index (κ2) is 9.16. The Morgan fingerprint density at radius 2 is 1.88 bits per heavy atom. The summed E-state index contributed by atoms with van der Waals surface area (Å²) in [6.45, 7) is 6.77. The van der Waals surface area contributed by atoms with Crippen molar-refractivity contribution in [3.8, 4) is 28.7 Å². The van der Waals surface area contributed by atoms with Crippen LogP contribution < -0.4 is 10.5 Å². The predicted octanol–water partition coefficient (Wildman–Crippen LogP) is 3.95. The lowest BCUT2D eigenvalue weighted by atomic mass is 9.94. The Hall–Kier alpha value is -4.25. The van der Waals surface area contributed by atoms with Gasteiger partial charge < -0.3 is 15.4 Å². The molecule has 4 heterocycles. The van der Waals surface area contributed by atoms with Crippen molar-refractivity contribution in [3.63, 3.8) is 0 Å². The Morgan fingerprint density at radius 1 is 1.12 bits per heavy atom. The van der Waals surface area contributed by atoms with E-state index < -0.39 is 17.2 Å². The van der Waals surface area contributed by atoms with Crippen molar-refractivity contribution < 1.29 is 18.3 Å². The van der Waals surface area contributed by atoms with Gasteiger partial charge in [-0.15, -0.1) is 0 Å².